The number of unbranched alkanes of at least 4 members (excludes halogenated alkanes) is 2. The third kappa shape index (κ3) is 3.66. The molecule has 1 heterocycles. The van der Waals surface area contributed by atoms with Crippen molar-refractivity contribution in [2.45, 2.75) is 39.2 Å². The van der Waals surface area contributed by atoms with Gasteiger partial charge in [0.15, 0.2) is 0 Å². The number of nitrogens with one attached hydrogen (secondary N) is 1. The zero-order valence-corrected chi connectivity index (χ0v) is 13.2. The molecule has 0 saturated heterocycles. The Labute approximate surface area is 124 Å². The van der Waals surface area contributed by atoms with Crippen LogP contribution in [-0.4, -0.2) is 39.3 Å². The average molecular weight is 275 g/mol. The van der Waals surface area contributed by atoms with E-state index in [0.717, 1.165) is 26.2 Å². The Morgan fingerprint density at radius 2 is 1.90 bits per heavy atom. The Hall–Kier alpha value is -1.22. The second kappa shape index (κ2) is 7.53. The number of hydrogen-bond acceptors (Lipinski definition) is 3. The van der Waals surface area contributed by atoms with E-state index in [4.69, 9.17) is 0 Å². The predicted molar refractivity (Wildman–Crippen MR) is 88.9 cm³/mol. The molecule has 2 rings (SSSR count). The molecule has 1 aliphatic rings. The number of hydrogen-bond donors (Lipinski definition) is 1. The molecule has 0 bridgehead atoms. The molecule has 0 saturated carbocycles. The Balaban J connectivity index is 1.90. The van der Waals surface area contributed by atoms with Crippen LogP contribution < -0.4 is 15.1 Å². The van der Waals surface area contributed by atoms with Crippen LogP contribution in [0, 0.1) is 0 Å². The summed E-state index contributed by atoms with van der Waals surface area (Å²) in [5.74, 6) is 0. The smallest absolute Gasteiger partial charge is 0.0607 e. The molecule has 112 valence electrons. The van der Waals surface area contributed by atoms with E-state index in [1.165, 1.54) is 30.6 Å². The zero-order valence-electron chi connectivity index (χ0n) is 13.2. The lowest BCUT2D eigenvalue weighted by Crippen LogP contribution is -2.47. The molecular weight excluding hydrogens is 246 g/mol. The molecular formula is C17H29N3. The molecule has 1 aromatic carbocycles. The molecule has 0 fully saturated rings. The van der Waals surface area contributed by atoms with Crippen molar-refractivity contribution in [3.8, 4) is 0 Å². The molecule has 3 nitrogen and oxygen atoms in total. The third-order valence-electron chi connectivity index (χ3n) is 4.21. The highest BCUT2D eigenvalue weighted by atomic mass is 15.3. The van der Waals surface area contributed by atoms with Gasteiger partial charge in [-0.3, -0.25) is 0 Å². The van der Waals surface area contributed by atoms with Crippen LogP contribution >= 0.6 is 0 Å². The van der Waals surface area contributed by atoms with Gasteiger partial charge in [0.2, 0.25) is 0 Å². The maximum atomic E-state index is 3.60. The van der Waals surface area contributed by atoms with Crippen molar-refractivity contribution in [1.82, 2.24) is 5.32 Å². The van der Waals surface area contributed by atoms with E-state index in [1.54, 1.807) is 0 Å². The SMILES string of the molecule is CCCCCNCC(C)N1CCN(C)c2ccccc21. The number of fused-ring (bicyclic) bond motifs is 1. The van der Waals surface area contributed by atoms with Crippen LogP contribution in [0.2, 0.25) is 0 Å². The monoisotopic (exact) mass is 275 g/mol. The van der Waals surface area contributed by atoms with Gasteiger partial charge < -0.3 is 15.1 Å². The first-order valence-corrected chi connectivity index (χ1v) is 8.01. The summed E-state index contributed by atoms with van der Waals surface area (Å²) < 4.78 is 0. The van der Waals surface area contributed by atoms with Crippen molar-refractivity contribution in [3.63, 3.8) is 0 Å². The molecule has 0 amide bonds. The molecule has 3 heteroatoms. The van der Waals surface area contributed by atoms with Crippen molar-refractivity contribution >= 4 is 11.4 Å². The molecule has 0 spiro atoms. The fraction of sp³-hybridized carbons (Fsp3) is 0.647. The summed E-state index contributed by atoms with van der Waals surface area (Å²) in [5, 5.41) is 3.60. The lowest BCUT2D eigenvalue weighted by Gasteiger charge is -2.40. The van der Waals surface area contributed by atoms with Crippen LogP contribution in [-0.2, 0) is 0 Å². The number of nitrogens with zero attached hydrogens (tertiary/aromatic N) is 2. The number of anilines is 2. The van der Waals surface area contributed by atoms with E-state index >= 15 is 0 Å². The summed E-state index contributed by atoms with van der Waals surface area (Å²) in [5.41, 5.74) is 2.74. The standard InChI is InChI=1S/C17H29N3/c1-4-5-8-11-18-14-15(2)20-13-12-19(3)16-9-6-7-10-17(16)20/h6-7,9-10,15,18H,4-5,8,11-14H2,1-3H3. The molecule has 1 atom stereocenters. The maximum Gasteiger partial charge on any atom is 0.0607 e. The first-order valence-electron chi connectivity index (χ1n) is 8.01. The Morgan fingerprint density at radius 3 is 2.65 bits per heavy atom. The van der Waals surface area contributed by atoms with Crippen molar-refractivity contribution < 1.29 is 0 Å². The normalized spacial score (nSPS) is 16.1. The van der Waals surface area contributed by atoms with Gasteiger partial charge in [0.1, 0.15) is 0 Å². The van der Waals surface area contributed by atoms with Crippen molar-refractivity contribution in [1.29, 1.82) is 0 Å². The summed E-state index contributed by atoms with van der Waals surface area (Å²) in [4.78, 5) is 4.90. The van der Waals surface area contributed by atoms with E-state index in [1.807, 2.05) is 0 Å². The van der Waals surface area contributed by atoms with Crippen LogP contribution in [0.4, 0.5) is 11.4 Å². The summed E-state index contributed by atoms with van der Waals surface area (Å²) in [7, 11) is 2.18. The minimum atomic E-state index is 0.548. The van der Waals surface area contributed by atoms with E-state index in [9.17, 15) is 0 Å². The van der Waals surface area contributed by atoms with Gasteiger partial charge in [0, 0.05) is 32.7 Å². The van der Waals surface area contributed by atoms with Crippen molar-refractivity contribution in [2.24, 2.45) is 0 Å². The maximum absolute atomic E-state index is 3.60. The minimum absolute atomic E-state index is 0.548. The van der Waals surface area contributed by atoms with Gasteiger partial charge in [-0.2, -0.15) is 0 Å². The summed E-state index contributed by atoms with van der Waals surface area (Å²) in [6.07, 6.45) is 3.92. The quantitative estimate of drug-likeness (QED) is 0.771. The van der Waals surface area contributed by atoms with Crippen molar-refractivity contribution in [2.75, 3.05) is 43.0 Å². The third-order valence-corrected chi connectivity index (χ3v) is 4.21. The second-order valence-electron chi connectivity index (χ2n) is 5.86. The Kier molecular flexibility index (Phi) is 5.72. The lowest BCUT2D eigenvalue weighted by molar-refractivity contribution is 0.538. The van der Waals surface area contributed by atoms with E-state index < -0.39 is 0 Å². The summed E-state index contributed by atoms with van der Waals surface area (Å²) in [6.45, 7) is 9.02. The van der Waals surface area contributed by atoms with Gasteiger partial charge in [0.05, 0.1) is 11.4 Å². The fourth-order valence-electron chi connectivity index (χ4n) is 2.91. The molecule has 20 heavy (non-hydrogen) atoms. The van der Waals surface area contributed by atoms with E-state index in [2.05, 4.69) is 60.3 Å². The number of benzene rings is 1. The Bertz CT molecular complexity index is 405. The van der Waals surface area contributed by atoms with Crippen LogP contribution in [0.1, 0.15) is 33.1 Å². The van der Waals surface area contributed by atoms with Crippen LogP contribution in [0.15, 0.2) is 24.3 Å². The molecule has 1 unspecified atom stereocenters. The van der Waals surface area contributed by atoms with Crippen LogP contribution in [0.3, 0.4) is 0 Å². The second-order valence-corrected chi connectivity index (χ2v) is 5.86. The highest BCUT2D eigenvalue weighted by Crippen LogP contribution is 2.32. The molecule has 0 aromatic heterocycles. The van der Waals surface area contributed by atoms with Crippen LogP contribution in [0.5, 0.6) is 0 Å². The molecule has 1 aromatic rings. The number of likely N-dealkylation sites (N-methyl/N-ethyl adjacent to an activating group) is 1. The van der Waals surface area contributed by atoms with E-state index in [-0.39, 0.29) is 0 Å². The Morgan fingerprint density at radius 1 is 1.15 bits per heavy atom. The first-order chi connectivity index (χ1) is 9.74. The fourth-order valence-corrected chi connectivity index (χ4v) is 2.91. The van der Waals surface area contributed by atoms with E-state index in [0.29, 0.717) is 6.04 Å². The minimum Gasteiger partial charge on any atom is -0.371 e. The lowest BCUT2D eigenvalue weighted by atomic mass is 10.1. The average Bonchev–Trinajstić information content (AvgIpc) is 2.47. The molecule has 0 radical (unpaired) electrons. The van der Waals surface area contributed by atoms with Crippen LogP contribution in [0.25, 0.3) is 0 Å². The highest BCUT2D eigenvalue weighted by molar-refractivity contribution is 5.73. The van der Waals surface area contributed by atoms with Gasteiger partial charge in [0.25, 0.3) is 0 Å². The summed E-state index contributed by atoms with van der Waals surface area (Å²) >= 11 is 0. The topological polar surface area (TPSA) is 18.5 Å². The number of rotatable bonds is 7. The first kappa shape index (κ1) is 15.2. The van der Waals surface area contributed by atoms with Gasteiger partial charge in [-0.15, -0.1) is 0 Å². The van der Waals surface area contributed by atoms with Gasteiger partial charge >= 0.3 is 0 Å². The largest absolute Gasteiger partial charge is 0.371 e. The number of para-hydroxylation sites is 2. The molecule has 1 aliphatic heterocycles. The highest BCUT2D eigenvalue weighted by Gasteiger charge is 2.23. The van der Waals surface area contributed by atoms with Gasteiger partial charge in [-0.1, -0.05) is 31.9 Å². The predicted octanol–water partition coefficient (Wildman–Crippen LogP) is 3.11. The van der Waals surface area contributed by atoms with Gasteiger partial charge in [-0.25, -0.2) is 0 Å². The summed E-state index contributed by atoms with van der Waals surface area (Å²) in [6, 6.07) is 9.30. The van der Waals surface area contributed by atoms with Crippen molar-refractivity contribution in [3.05, 3.63) is 24.3 Å². The van der Waals surface area contributed by atoms with Gasteiger partial charge in [-0.05, 0) is 32.0 Å². The molecule has 0 aliphatic carbocycles. The zero-order chi connectivity index (χ0) is 14.4. The molecule has 1 N–H and O–H groups in total.